The lowest BCUT2D eigenvalue weighted by Crippen LogP contribution is -2.51. The first-order valence-corrected chi connectivity index (χ1v) is 7.41. The number of halogens is 3. The van der Waals surface area contributed by atoms with E-state index in [2.05, 4.69) is 17.8 Å². The molecule has 25 heavy (non-hydrogen) atoms. The fourth-order valence-electron chi connectivity index (χ4n) is 2.02. The molecule has 0 saturated carbocycles. The molecule has 0 unspecified atom stereocenters. The van der Waals surface area contributed by atoms with Crippen LogP contribution in [0.2, 0.25) is 0 Å². The first-order chi connectivity index (χ1) is 11.9. The Kier molecular flexibility index (Phi) is 5.88. The number of hydrogen-bond donors (Lipinski definition) is 2. The van der Waals surface area contributed by atoms with Crippen LogP contribution in [0.3, 0.4) is 0 Å². The second-order valence-electron chi connectivity index (χ2n) is 5.25. The Balaban J connectivity index is 2.41. The van der Waals surface area contributed by atoms with Crippen molar-refractivity contribution >= 4 is 0 Å². The number of rotatable bonds is 2. The summed E-state index contributed by atoms with van der Waals surface area (Å²) in [5, 5.41) is 19.6. The third kappa shape index (κ3) is 4.64. The zero-order valence-electron chi connectivity index (χ0n) is 13.1. The number of alkyl halides is 3. The SMILES string of the molecule is OC[C@H](C#Cc1ccccc1)[C@](O)(C#Cc1ccccc1)C(F)(F)F. The van der Waals surface area contributed by atoms with E-state index in [-0.39, 0.29) is 0 Å². The van der Waals surface area contributed by atoms with Crippen molar-refractivity contribution in [2.75, 3.05) is 6.61 Å². The molecule has 0 amide bonds. The zero-order valence-corrected chi connectivity index (χ0v) is 13.1. The second-order valence-corrected chi connectivity index (χ2v) is 5.25. The maximum atomic E-state index is 13.4. The molecule has 2 N–H and O–H groups in total. The van der Waals surface area contributed by atoms with Gasteiger partial charge >= 0.3 is 6.18 Å². The van der Waals surface area contributed by atoms with Crippen LogP contribution < -0.4 is 0 Å². The van der Waals surface area contributed by atoms with Gasteiger partial charge in [-0.1, -0.05) is 60.1 Å². The Morgan fingerprint density at radius 1 is 0.840 bits per heavy atom. The molecule has 2 atom stereocenters. The highest BCUT2D eigenvalue weighted by Crippen LogP contribution is 2.36. The molecular weight excluding hydrogens is 329 g/mol. The van der Waals surface area contributed by atoms with Crippen LogP contribution in [0.4, 0.5) is 13.2 Å². The largest absolute Gasteiger partial charge is 0.430 e. The van der Waals surface area contributed by atoms with Crippen LogP contribution in [0.15, 0.2) is 60.7 Å². The summed E-state index contributed by atoms with van der Waals surface area (Å²) in [4.78, 5) is 0. The smallest absolute Gasteiger partial charge is 0.395 e. The number of benzene rings is 2. The van der Waals surface area contributed by atoms with Gasteiger partial charge in [-0.25, -0.2) is 0 Å². The van der Waals surface area contributed by atoms with E-state index in [0.29, 0.717) is 11.1 Å². The van der Waals surface area contributed by atoms with E-state index in [4.69, 9.17) is 0 Å². The summed E-state index contributed by atoms with van der Waals surface area (Å²) in [6.45, 7) is -0.987. The van der Waals surface area contributed by atoms with Gasteiger partial charge in [0.15, 0.2) is 0 Å². The van der Waals surface area contributed by atoms with Gasteiger partial charge in [-0.05, 0) is 24.3 Å². The van der Waals surface area contributed by atoms with Gasteiger partial charge in [0.1, 0.15) is 0 Å². The van der Waals surface area contributed by atoms with E-state index in [0.717, 1.165) is 0 Å². The molecule has 0 aliphatic heterocycles. The van der Waals surface area contributed by atoms with Gasteiger partial charge in [-0.3, -0.25) is 0 Å². The maximum Gasteiger partial charge on any atom is 0.430 e. The highest BCUT2D eigenvalue weighted by molar-refractivity contribution is 5.40. The summed E-state index contributed by atoms with van der Waals surface area (Å²) in [7, 11) is 0. The summed E-state index contributed by atoms with van der Waals surface area (Å²) in [5.74, 6) is 7.19. The minimum atomic E-state index is -5.08. The van der Waals surface area contributed by atoms with Crippen LogP contribution in [0, 0.1) is 29.6 Å². The van der Waals surface area contributed by atoms with E-state index in [9.17, 15) is 23.4 Å². The minimum absolute atomic E-state index is 0.317. The molecule has 0 aromatic heterocycles. The summed E-state index contributed by atoms with van der Waals surface area (Å²) >= 11 is 0. The van der Waals surface area contributed by atoms with Gasteiger partial charge in [0, 0.05) is 11.1 Å². The molecule has 0 aliphatic rings. The number of aliphatic hydroxyl groups is 2. The topological polar surface area (TPSA) is 40.5 Å². The van der Waals surface area contributed by atoms with Crippen LogP contribution in [0.5, 0.6) is 0 Å². The molecule has 0 aliphatic carbocycles. The van der Waals surface area contributed by atoms with E-state index in [1.807, 2.05) is 5.92 Å². The lowest BCUT2D eigenvalue weighted by atomic mass is 9.87. The van der Waals surface area contributed by atoms with Gasteiger partial charge in [0.05, 0.1) is 12.5 Å². The normalized spacial score (nSPS) is 14.3. The molecule has 0 radical (unpaired) electrons. The van der Waals surface area contributed by atoms with Gasteiger partial charge < -0.3 is 10.2 Å². The van der Waals surface area contributed by atoms with Gasteiger partial charge in [0.2, 0.25) is 5.60 Å². The Morgan fingerprint density at radius 2 is 1.32 bits per heavy atom. The van der Waals surface area contributed by atoms with E-state index in [1.54, 1.807) is 48.5 Å². The standard InChI is InChI=1S/C20H15F3O2/c21-20(22,23)19(25,14-13-17-9-5-2-6-10-17)18(15-24)12-11-16-7-3-1-4-8-16/h1-10,18,24-25H,15H2/t18-,19+/m0/s1. The predicted octanol–water partition coefficient (Wildman–Crippen LogP) is 2.99. The molecule has 128 valence electrons. The predicted molar refractivity (Wildman–Crippen MR) is 88.2 cm³/mol. The summed E-state index contributed by atoms with van der Waals surface area (Å²) in [6.07, 6.45) is -5.08. The molecule has 0 bridgehead atoms. The van der Waals surface area contributed by atoms with Crippen LogP contribution in [-0.4, -0.2) is 28.6 Å². The first-order valence-electron chi connectivity index (χ1n) is 7.41. The summed E-state index contributed by atoms with van der Waals surface area (Å²) in [6, 6.07) is 16.3. The Labute approximate surface area is 143 Å². The molecule has 0 saturated heterocycles. The van der Waals surface area contributed by atoms with Gasteiger partial charge in [0.25, 0.3) is 0 Å². The quantitative estimate of drug-likeness (QED) is 0.823. The Morgan fingerprint density at radius 3 is 1.76 bits per heavy atom. The van der Waals surface area contributed by atoms with Crippen molar-refractivity contribution in [1.82, 2.24) is 0 Å². The van der Waals surface area contributed by atoms with Crippen molar-refractivity contribution < 1.29 is 23.4 Å². The average Bonchev–Trinajstić information content (AvgIpc) is 2.61. The van der Waals surface area contributed by atoms with Gasteiger partial charge in [-0.2, -0.15) is 13.2 Å². The Bertz CT molecular complexity index is 808. The minimum Gasteiger partial charge on any atom is -0.395 e. The van der Waals surface area contributed by atoms with Crippen LogP contribution in [-0.2, 0) is 0 Å². The lowest BCUT2D eigenvalue weighted by molar-refractivity contribution is -0.249. The molecule has 0 fully saturated rings. The van der Waals surface area contributed by atoms with Crippen molar-refractivity contribution in [1.29, 1.82) is 0 Å². The van der Waals surface area contributed by atoms with Crippen molar-refractivity contribution in [3.63, 3.8) is 0 Å². The summed E-state index contributed by atoms with van der Waals surface area (Å²) < 4.78 is 40.3. The van der Waals surface area contributed by atoms with E-state index >= 15 is 0 Å². The molecule has 2 aromatic carbocycles. The highest BCUT2D eigenvalue weighted by atomic mass is 19.4. The molecular formula is C20H15F3O2. The van der Waals surface area contributed by atoms with Crippen molar-refractivity contribution in [3.8, 4) is 23.7 Å². The van der Waals surface area contributed by atoms with E-state index < -0.39 is 24.3 Å². The first kappa shape index (κ1) is 18.6. The third-order valence-corrected chi connectivity index (χ3v) is 3.45. The monoisotopic (exact) mass is 344 g/mol. The van der Waals surface area contributed by atoms with Crippen molar-refractivity contribution in [2.24, 2.45) is 5.92 Å². The second kappa shape index (κ2) is 7.90. The van der Waals surface area contributed by atoms with Crippen molar-refractivity contribution in [2.45, 2.75) is 11.8 Å². The molecule has 2 nitrogen and oxygen atoms in total. The zero-order chi connectivity index (χ0) is 18.3. The highest BCUT2D eigenvalue weighted by Gasteiger charge is 2.57. The van der Waals surface area contributed by atoms with Crippen LogP contribution >= 0.6 is 0 Å². The Hall–Kier alpha value is -2.73. The molecule has 0 spiro atoms. The lowest BCUT2D eigenvalue weighted by Gasteiger charge is -2.29. The molecule has 0 heterocycles. The fraction of sp³-hybridized carbons (Fsp3) is 0.200. The van der Waals surface area contributed by atoms with E-state index in [1.165, 1.54) is 12.1 Å². The fourth-order valence-corrected chi connectivity index (χ4v) is 2.02. The van der Waals surface area contributed by atoms with Crippen LogP contribution in [0.25, 0.3) is 0 Å². The third-order valence-electron chi connectivity index (χ3n) is 3.45. The molecule has 5 heteroatoms. The number of hydrogen-bond acceptors (Lipinski definition) is 2. The number of aliphatic hydroxyl groups excluding tert-OH is 1. The van der Waals surface area contributed by atoms with Crippen molar-refractivity contribution in [3.05, 3.63) is 71.8 Å². The maximum absolute atomic E-state index is 13.4. The average molecular weight is 344 g/mol. The molecule has 2 rings (SSSR count). The summed E-state index contributed by atoms with van der Waals surface area (Å²) in [5.41, 5.74) is -2.65. The molecule has 2 aromatic rings. The van der Waals surface area contributed by atoms with Gasteiger partial charge in [-0.15, -0.1) is 0 Å². The van der Waals surface area contributed by atoms with Crippen LogP contribution in [0.1, 0.15) is 11.1 Å².